The highest BCUT2D eigenvalue weighted by molar-refractivity contribution is 5.82. The van der Waals surface area contributed by atoms with Crippen LogP contribution in [-0.4, -0.2) is 36.5 Å². The zero-order valence-corrected chi connectivity index (χ0v) is 8.84. The number of carbonyl (C=O) groups excluding carboxylic acids is 1. The number of amides is 1. The van der Waals surface area contributed by atoms with Crippen LogP contribution in [0.4, 0.5) is 0 Å². The molecule has 13 heavy (non-hydrogen) atoms. The van der Waals surface area contributed by atoms with E-state index in [0.29, 0.717) is 6.04 Å². The predicted molar refractivity (Wildman–Crippen MR) is 53.5 cm³/mol. The summed E-state index contributed by atoms with van der Waals surface area (Å²) in [6.07, 6.45) is 3.43. The summed E-state index contributed by atoms with van der Waals surface area (Å²) in [5.74, 6) is 0.256. The van der Waals surface area contributed by atoms with Crippen molar-refractivity contribution < 1.29 is 4.79 Å². The van der Waals surface area contributed by atoms with Crippen LogP contribution < -0.4 is 5.32 Å². The Morgan fingerprint density at radius 1 is 1.69 bits per heavy atom. The lowest BCUT2D eigenvalue weighted by atomic mass is 10.1. The highest BCUT2D eigenvalue weighted by atomic mass is 16.2. The van der Waals surface area contributed by atoms with Crippen LogP contribution in [0.25, 0.3) is 0 Å². The summed E-state index contributed by atoms with van der Waals surface area (Å²) < 4.78 is 0. The third-order valence-corrected chi connectivity index (χ3v) is 2.93. The quantitative estimate of drug-likeness (QED) is 0.709. The standard InChI is InChI=1S/C10H20N2O/c1-4-9-6-5-7-12(9)10(13)8(2)11-3/h8-9,11H,4-7H2,1-3H3. The van der Waals surface area contributed by atoms with Crippen molar-refractivity contribution in [1.29, 1.82) is 0 Å². The summed E-state index contributed by atoms with van der Waals surface area (Å²) >= 11 is 0. The van der Waals surface area contributed by atoms with Crippen LogP contribution in [0.2, 0.25) is 0 Å². The van der Waals surface area contributed by atoms with Gasteiger partial charge in [-0.2, -0.15) is 0 Å². The van der Waals surface area contributed by atoms with Crippen LogP contribution in [0.5, 0.6) is 0 Å². The van der Waals surface area contributed by atoms with Crippen molar-refractivity contribution in [2.45, 2.75) is 45.2 Å². The molecule has 0 radical (unpaired) electrons. The zero-order valence-electron chi connectivity index (χ0n) is 8.84. The molecule has 76 valence electrons. The van der Waals surface area contributed by atoms with Crippen LogP contribution in [0, 0.1) is 0 Å². The van der Waals surface area contributed by atoms with E-state index >= 15 is 0 Å². The number of hydrogen-bond acceptors (Lipinski definition) is 2. The second kappa shape index (κ2) is 4.61. The SMILES string of the molecule is CCC1CCCN1C(=O)C(C)NC. The van der Waals surface area contributed by atoms with Crippen molar-refractivity contribution in [3.63, 3.8) is 0 Å². The van der Waals surface area contributed by atoms with E-state index in [1.54, 1.807) is 0 Å². The largest absolute Gasteiger partial charge is 0.338 e. The smallest absolute Gasteiger partial charge is 0.239 e. The maximum atomic E-state index is 11.8. The summed E-state index contributed by atoms with van der Waals surface area (Å²) in [5.41, 5.74) is 0. The monoisotopic (exact) mass is 184 g/mol. The molecular weight excluding hydrogens is 164 g/mol. The lowest BCUT2D eigenvalue weighted by Gasteiger charge is -2.26. The molecule has 1 N–H and O–H groups in total. The topological polar surface area (TPSA) is 32.3 Å². The molecule has 1 fully saturated rings. The molecule has 1 rings (SSSR count). The molecule has 2 unspecified atom stereocenters. The first-order chi connectivity index (χ1) is 6.20. The Morgan fingerprint density at radius 3 is 2.92 bits per heavy atom. The minimum atomic E-state index is -0.0350. The van der Waals surface area contributed by atoms with Crippen LogP contribution >= 0.6 is 0 Å². The van der Waals surface area contributed by atoms with Gasteiger partial charge in [-0.3, -0.25) is 4.79 Å². The van der Waals surface area contributed by atoms with E-state index in [4.69, 9.17) is 0 Å². The van der Waals surface area contributed by atoms with Gasteiger partial charge in [0.2, 0.25) is 5.91 Å². The minimum Gasteiger partial charge on any atom is -0.338 e. The Hall–Kier alpha value is -0.570. The number of nitrogens with zero attached hydrogens (tertiary/aromatic N) is 1. The predicted octanol–water partition coefficient (Wildman–Crippen LogP) is 0.995. The van der Waals surface area contributed by atoms with Crippen LogP contribution in [0.1, 0.15) is 33.1 Å². The molecule has 0 saturated carbocycles. The van der Waals surface area contributed by atoms with Gasteiger partial charge in [-0.1, -0.05) is 6.92 Å². The normalized spacial score (nSPS) is 24.8. The first kappa shape index (κ1) is 10.5. The Kier molecular flexibility index (Phi) is 3.72. The first-order valence-corrected chi connectivity index (χ1v) is 5.18. The molecule has 0 bridgehead atoms. The minimum absolute atomic E-state index is 0.0350. The highest BCUT2D eigenvalue weighted by Crippen LogP contribution is 2.20. The molecule has 0 aromatic rings. The fourth-order valence-corrected chi connectivity index (χ4v) is 1.92. The van der Waals surface area contributed by atoms with E-state index in [1.807, 2.05) is 18.9 Å². The molecule has 1 saturated heterocycles. The van der Waals surface area contributed by atoms with Gasteiger partial charge in [0.25, 0.3) is 0 Å². The van der Waals surface area contributed by atoms with Gasteiger partial charge < -0.3 is 10.2 Å². The molecular formula is C10H20N2O. The number of nitrogens with one attached hydrogen (secondary N) is 1. The molecule has 3 nitrogen and oxygen atoms in total. The Morgan fingerprint density at radius 2 is 2.38 bits per heavy atom. The average Bonchev–Trinajstić information content (AvgIpc) is 2.62. The van der Waals surface area contributed by atoms with Gasteiger partial charge in [-0.25, -0.2) is 0 Å². The number of rotatable bonds is 3. The van der Waals surface area contributed by atoms with Crippen molar-refractivity contribution in [3.8, 4) is 0 Å². The maximum Gasteiger partial charge on any atom is 0.239 e. The maximum absolute atomic E-state index is 11.8. The molecule has 0 aliphatic carbocycles. The summed E-state index contributed by atoms with van der Waals surface area (Å²) in [6, 6.07) is 0.454. The van der Waals surface area contributed by atoms with Crippen molar-refractivity contribution in [3.05, 3.63) is 0 Å². The molecule has 3 heteroatoms. The molecule has 1 amide bonds. The number of likely N-dealkylation sites (N-methyl/N-ethyl adjacent to an activating group) is 1. The lowest BCUT2D eigenvalue weighted by molar-refractivity contribution is -0.133. The summed E-state index contributed by atoms with van der Waals surface area (Å²) in [4.78, 5) is 13.8. The van der Waals surface area contributed by atoms with Crippen LogP contribution in [-0.2, 0) is 4.79 Å². The van der Waals surface area contributed by atoms with Gasteiger partial charge >= 0.3 is 0 Å². The Balaban J connectivity index is 2.54. The van der Waals surface area contributed by atoms with Gasteiger partial charge in [0.15, 0.2) is 0 Å². The van der Waals surface area contributed by atoms with Crippen molar-refractivity contribution in [2.24, 2.45) is 0 Å². The van der Waals surface area contributed by atoms with Crippen molar-refractivity contribution >= 4 is 5.91 Å². The van der Waals surface area contributed by atoms with E-state index in [2.05, 4.69) is 12.2 Å². The number of hydrogen-bond donors (Lipinski definition) is 1. The van der Waals surface area contributed by atoms with E-state index in [1.165, 1.54) is 12.8 Å². The van der Waals surface area contributed by atoms with E-state index < -0.39 is 0 Å². The van der Waals surface area contributed by atoms with Crippen LogP contribution in [0.15, 0.2) is 0 Å². The second-order valence-corrected chi connectivity index (χ2v) is 3.75. The van der Waals surface area contributed by atoms with Crippen LogP contribution in [0.3, 0.4) is 0 Å². The molecule has 1 aliphatic rings. The third kappa shape index (κ3) is 2.21. The van der Waals surface area contributed by atoms with E-state index in [0.717, 1.165) is 13.0 Å². The van der Waals surface area contributed by atoms with E-state index in [-0.39, 0.29) is 11.9 Å². The van der Waals surface area contributed by atoms with Crippen molar-refractivity contribution in [2.75, 3.05) is 13.6 Å². The zero-order chi connectivity index (χ0) is 9.84. The summed E-state index contributed by atoms with van der Waals surface area (Å²) in [6.45, 7) is 5.02. The molecule has 2 atom stereocenters. The Labute approximate surface area is 80.5 Å². The second-order valence-electron chi connectivity index (χ2n) is 3.75. The summed E-state index contributed by atoms with van der Waals surface area (Å²) in [5, 5.41) is 3.00. The summed E-state index contributed by atoms with van der Waals surface area (Å²) in [7, 11) is 1.83. The highest BCUT2D eigenvalue weighted by Gasteiger charge is 2.29. The Bertz CT molecular complexity index is 182. The van der Waals surface area contributed by atoms with Gasteiger partial charge in [0, 0.05) is 12.6 Å². The lowest BCUT2D eigenvalue weighted by Crippen LogP contribution is -2.45. The third-order valence-electron chi connectivity index (χ3n) is 2.93. The molecule has 0 aromatic heterocycles. The average molecular weight is 184 g/mol. The van der Waals surface area contributed by atoms with Crippen molar-refractivity contribution in [1.82, 2.24) is 10.2 Å². The molecule has 0 spiro atoms. The molecule has 0 aromatic carbocycles. The molecule has 1 heterocycles. The fourth-order valence-electron chi connectivity index (χ4n) is 1.92. The van der Waals surface area contributed by atoms with Gasteiger partial charge in [0.05, 0.1) is 6.04 Å². The fraction of sp³-hybridized carbons (Fsp3) is 0.900. The number of carbonyl (C=O) groups is 1. The van der Waals surface area contributed by atoms with E-state index in [9.17, 15) is 4.79 Å². The van der Waals surface area contributed by atoms with Gasteiger partial charge in [-0.05, 0) is 33.2 Å². The van der Waals surface area contributed by atoms with Gasteiger partial charge in [0.1, 0.15) is 0 Å². The number of likely N-dealkylation sites (tertiary alicyclic amines) is 1. The first-order valence-electron chi connectivity index (χ1n) is 5.18. The molecule has 1 aliphatic heterocycles. The van der Waals surface area contributed by atoms with Gasteiger partial charge in [-0.15, -0.1) is 0 Å².